The van der Waals surface area contributed by atoms with E-state index in [4.69, 9.17) is 18.6 Å². The van der Waals surface area contributed by atoms with Crippen molar-refractivity contribution in [3.05, 3.63) is 65.4 Å². The normalized spacial score (nSPS) is 10.5. The van der Waals surface area contributed by atoms with Crippen LogP contribution in [0.3, 0.4) is 0 Å². The summed E-state index contributed by atoms with van der Waals surface area (Å²) in [6.45, 7) is 1.81. The third-order valence-corrected chi connectivity index (χ3v) is 4.87. The van der Waals surface area contributed by atoms with Gasteiger partial charge in [-0.1, -0.05) is 19.1 Å². The minimum Gasteiger partial charge on any atom is -0.493 e. The van der Waals surface area contributed by atoms with Crippen molar-refractivity contribution in [2.45, 2.75) is 19.8 Å². The molecular weight excluding hydrogens is 384 g/mol. The molecule has 6 nitrogen and oxygen atoms in total. The first kappa shape index (κ1) is 21.2. The second-order valence-electron chi connectivity index (χ2n) is 6.66. The number of hydrogen-bond donors (Lipinski definition) is 0. The first-order chi connectivity index (χ1) is 14.5. The zero-order valence-corrected chi connectivity index (χ0v) is 17.5. The second-order valence-corrected chi connectivity index (χ2v) is 6.66. The van der Waals surface area contributed by atoms with Crippen LogP contribution in [-0.2, 0) is 11.2 Å². The molecule has 0 radical (unpaired) electrons. The van der Waals surface area contributed by atoms with Gasteiger partial charge in [0.2, 0.25) is 5.75 Å². The van der Waals surface area contributed by atoms with E-state index < -0.39 is 0 Å². The summed E-state index contributed by atoms with van der Waals surface area (Å²) in [5, 5.41) is 0. The summed E-state index contributed by atoms with van der Waals surface area (Å²) in [4.78, 5) is 25.6. The number of benzene rings is 2. The number of carbonyl (C=O) groups excluding carboxylic acids is 2. The van der Waals surface area contributed by atoms with Gasteiger partial charge in [0.1, 0.15) is 11.5 Å². The predicted octanol–water partition coefficient (Wildman–Crippen LogP) is 4.73. The van der Waals surface area contributed by atoms with Crippen molar-refractivity contribution in [2.24, 2.45) is 0 Å². The summed E-state index contributed by atoms with van der Waals surface area (Å²) in [5.41, 5.74) is 2.21. The van der Waals surface area contributed by atoms with E-state index in [1.165, 1.54) is 21.3 Å². The van der Waals surface area contributed by atoms with E-state index in [-0.39, 0.29) is 18.0 Å². The quantitative estimate of drug-likeness (QED) is 0.477. The number of carbonyl (C=O) groups is 2. The van der Waals surface area contributed by atoms with Crippen LogP contribution in [0.2, 0.25) is 0 Å². The molecule has 0 fully saturated rings. The van der Waals surface area contributed by atoms with Gasteiger partial charge in [-0.25, -0.2) is 0 Å². The Hall–Kier alpha value is -3.54. The van der Waals surface area contributed by atoms with Crippen molar-refractivity contribution in [1.29, 1.82) is 0 Å². The summed E-state index contributed by atoms with van der Waals surface area (Å²) < 4.78 is 21.6. The first-order valence-electron chi connectivity index (χ1n) is 9.55. The smallest absolute Gasteiger partial charge is 0.203 e. The van der Waals surface area contributed by atoms with Crippen LogP contribution >= 0.6 is 0 Å². The summed E-state index contributed by atoms with van der Waals surface area (Å²) >= 11 is 0. The minimum absolute atomic E-state index is 0.0553. The fourth-order valence-corrected chi connectivity index (χ4v) is 3.24. The molecule has 1 heterocycles. The van der Waals surface area contributed by atoms with Crippen LogP contribution in [0.15, 0.2) is 53.1 Å². The molecule has 30 heavy (non-hydrogen) atoms. The Kier molecular flexibility index (Phi) is 6.57. The maximum Gasteiger partial charge on any atom is 0.203 e. The van der Waals surface area contributed by atoms with E-state index in [1.807, 2.05) is 12.1 Å². The molecule has 0 unspecified atom stereocenters. The van der Waals surface area contributed by atoms with Crippen LogP contribution < -0.4 is 14.2 Å². The van der Waals surface area contributed by atoms with Crippen LogP contribution in [0.5, 0.6) is 17.2 Å². The largest absolute Gasteiger partial charge is 0.493 e. The molecule has 3 aromatic rings. The number of furan rings is 1. The predicted molar refractivity (Wildman–Crippen MR) is 113 cm³/mol. The third-order valence-electron chi connectivity index (χ3n) is 4.87. The Balaban J connectivity index is 2.13. The van der Waals surface area contributed by atoms with Crippen molar-refractivity contribution in [2.75, 3.05) is 21.3 Å². The monoisotopic (exact) mass is 408 g/mol. The number of methoxy groups -OCH3 is 3. The van der Waals surface area contributed by atoms with Crippen LogP contribution in [-0.4, -0.2) is 32.9 Å². The summed E-state index contributed by atoms with van der Waals surface area (Å²) in [5.74, 6) is 1.62. The lowest BCUT2D eigenvalue weighted by Gasteiger charge is -2.15. The highest BCUT2D eigenvalue weighted by atomic mass is 16.5. The highest BCUT2D eigenvalue weighted by molar-refractivity contribution is 6.11. The molecule has 0 saturated carbocycles. The van der Waals surface area contributed by atoms with Gasteiger partial charge in [-0.3, -0.25) is 9.59 Å². The summed E-state index contributed by atoms with van der Waals surface area (Å²) in [6.07, 6.45) is 2.16. The molecule has 0 bridgehead atoms. The lowest BCUT2D eigenvalue weighted by atomic mass is 9.92. The molecular formula is C24H24O6. The molecule has 0 aliphatic heterocycles. The van der Waals surface area contributed by atoms with Gasteiger partial charge < -0.3 is 18.6 Å². The van der Waals surface area contributed by atoms with E-state index >= 15 is 0 Å². The standard InChI is InChI=1S/C24H24O6/c1-5-18(25)11-15-8-9-16(20-7-6-10-30-20)12-19(15)23(26)17-13-21(27-2)24(29-4)22(14-17)28-3/h6-10,12-14H,5,11H2,1-4H3. The number of rotatable bonds is 9. The molecule has 0 amide bonds. The number of ketones is 2. The van der Waals surface area contributed by atoms with Crippen LogP contribution in [0.4, 0.5) is 0 Å². The number of Topliss-reactive ketones (excluding diaryl/α,β-unsaturated/α-hetero) is 1. The molecule has 1 aromatic heterocycles. The number of hydrogen-bond acceptors (Lipinski definition) is 6. The number of ether oxygens (including phenoxy) is 3. The van der Waals surface area contributed by atoms with E-state index in [0.717, 1.165) is 5.56 Å². The van der Waals surface area contributed by atoms with E-state index in [0.29, 0.717) is 46.1 Å². The second kappa shape index (κ2) is 9.31. The molecule has 0 spiro atoms. The van der Waals surface area contributed by atoms with Gasteiger partial charge in [-0.15, -0.1) is 0 Å². The molecule has 156 valence electrons. The molecule has 3 rings (SSSR count). The molecule has 0 atom stereocenters. The molecule has 2 aromatic carbocycles. The highest BCUT2D eigenvalue weighted by Gasteiger charge is 2.21. The van der Waals surface area contributed by atoms with Crippen molar-refractivity contribution in [3.63, 3.8) is 0 Å². The summed E-state index contributed by atoms with van der Waals surface area (Å²) in [6, 6.07) is 12.2. The Bertz CT molecular complexity index is 1020. The topological polar surface area (TPSA) is 75.0 Å². The minimum atomic E-state index is -0.249. The lowest BCUT2D eigenvalue weighted by molar-refractivity contribution is -0.118. The van der Waals surface area contributed by atoms with E-state index in [1.54, 1.807) is 43.5 Å². The van der Waals surface area contributed by atoms with Crippen LogP contribution in [0, 0.1) is 0 Å². The lowest BCUT2D eigenvalue weighted by Crippen LogP contribution is -2.10. The average molecular weight is 408 g/mol. The van der Waals surface area contributed by atoms with Crippen molar-refractivity contribution in [1.82, 2.24) is 0 Å². The van der Waals surface area contributed by atoms with Gasteiger partial charge in [0.25, 0.3) is 0 Å². The summed E-state index contributed by atoms with van der Waals surface area (Å²) in [7, 11) is 4.49. The molecule has 0 N–H and O–H groups in total. The van der Waals surface area contributed by atoms with Crippen molar-refractivity contribution in [3.8, 4) is 28.6 Å². The van der Waals surface area contributed by atoms with Crippen LogP contribution in [0.25, 0.3) is 11.3 Å². The fourth-order valence-electron chi connectivity index (χ4n) is 3.24. The first-order valence-corrected chi connectivity index (χ1v) is 9.55. The molecule has 0 aliphatic carbocycles. The zero-order valence-electron chi connectivity index (χ0n) is 17.5. The maximum absolute atomic E-state index is 13.5. The third kappa shape index (κ3) is 4.22. The van der Waals surface area contributed by atoms with Crippen molar-refractivity contribution >= 4 is 11.6 Å². The average Bonchev–Trinajstić information content (AvgIpc) is 3.32. The Labute approximate surface area is 175 Å². The Morgan fingerprint density at radius 3 is 2.17 bits per heavy atom. The molecule has 0 saturated heterocycles. The Morgan fingerprint density at radius 1 is 0.933 bits per heavy atom. The van der Waals surface area contributed by atoms with E-state index in [9.17, 15) is 9.59 Å². The van der Waals surface area contributed by atoms with Gasteiger partial charge in [0.05, 0.1) is 27.6 Å². The zero-order chi connectivity index (χ0) is 21.7. The van der Waals surface area contributed by atoms with Crippen molar-refractivity contribution < 1.29 is 28.2 Å². The van der Waals surface area contributed by atoms with Crippen LogP contribution in [0.1, 0.15) is 34.8 Å². The van der Waals surface area contributed by atoms with Gasteiger partial charge >= 0.3 is 0 Å². The molecule has 6 heteroatoms. The van der Waals surface area contributed by atoms with Gasteiger partial charge in [-0.05, 0) is 35.9 Å². The van der Waals surface area contributed by atoms with E-state index in [2.05, 4.69) is 0 Å². The van der Waals surface area contributed by atoms with Gasteiger partial charge in [0, 0.05) is 29.5 Å². The Morgan fingerprint density at radius 2 is 1.63 bits per heavy atom. The SMILES string of the molecule is CCC(=O)Cc1ccc(-c2ccco2)cc1C(=O)c1cc(OC)c(OC)c(OC)c1. The maximum atomic E-state index is 13.5. The van der Waals surface area contributed by atoms with Gasteiger partial charge in [0.15, 0.2) is 17.3 Å². The molecule has 0 aliphatic rings. The highest BCUT2D eigenvalue weighted by Crippen LogP contribution is 2.39. The fraction of sp³-hybridized carbons (Fsp3) is 0.250. The van der Waals surface area contributed by atoms with Gasteiger partial charge in [-0.2, -0.15) is 0 Å².